The second-order valence-corrected chi connectivity index (χ2v) is 7.41. The number of nitrogens with one attached hydrogen (secondary N) is 2. The third-order valence-corrected chi connectivity index (χ3v) is 5.85. The molecule has 2 heterocycles. The van der Waals surface area contributed by atoms with E-state index >= 15 is 0 Å². The third kappa shape index (κ3) is 3.89. The van der Waals surface area contributed by atoms with Crippen LogP contribution in [0.25, 0.3) is 0 Å². The Morgan fingerprint density at radius 1 is 1.15 bits per heavy atom. The van der Waals surface area contributed by atoms with Crippen molar-refractivity contribution < 1.29 is 31.9 Å². The van der Waals surface area contributed by atoms with E-state index in [0.29, 0.717) is 12.8 Å². The molecule has 5 nitrogen and oxygen atoms in total. The number of hydrogen-bond acceptors (Lipinski definition) is 4. The molecule has 2 aliphatic heterocycles. The number of esters is 1. The molecule has 0 bridgehead atoms. The van der Waals surface area contributed by atoms with Gasteiger partial charge in [0.05, 0.1) is 12.1 Å². The number of carbonyl (C=O) groups is 2. The second kappa shape index (κ2) is 7.73. The van der Waals surface area contributed by atoms with E-state index in [1.807, 2.05) is 0 Å². The van der Waals surface area contributed by atoms with Crippen LogP contribution < -0.4 is 15.4 Å². The number of amides is 2. The van der Waals surface area contributed by atoms with Gasteiger partial charge in [-0.05, 0) is 12.8 Å². The summed E-state index contributed by atoms with van der Waals surface area (Å²) in [6, 6.07) is 0.0278. The Morgan fingerprint density at radius 3 is 2.54 bits per heavy atom. The van der Waals surface area contributed by atoms with E-state index in [2.05, 4.69) is 15.4 Å². The number of hydrogen-bond donors (Lipinski definition) is 2. The zero-order chi connectivity index (χ0) is 18.8. The summed E-state index contributed by atoms with van der Waals surface area (Å²) in [7, 11) is 0. The van der Waals surface area contributed by atoms with Gasteiger partial charge in [0.1, 0.15) is 0 Å². The van der Waals surface area contributed by atoms with Crippen molar-refractivity contribution in [2.75, 3.05) is 5.75 Å². The van der Waals surface area contributed by atoms with Crippen LogP contribution in [-0.4, -0.2) is 35.1 Å². The van der Waals surface area contributed by atoms with Crippen LogP contribution >= 0.6 is 11.8 Å². The molecule has 2 aliphatic rings. The predicted octanol–water partition coefficient (Wildman–Crippen LogP) is 2.87. The number of carbonyl (C=O) groups excluding carboxylic acids is 2. The monoisotopic (exact) mass is 392 g/mol. The van der Waals surface area contributed by atoms with Crippen LogP contribution in [0.2, 0.25) is 0 Å². The number of unbranched alkanes of at least 4 members (excludes halogenated alkanes) is 1. The lowest BCUT2D eigenvalue weighted by Gasteiger charge is -2.16. The van der Waals surface area contributed by atoms with E-state index in [4.69, 9.17) is 0 Å². The highest BCUT2D eigenvalue weighted by molar-refractivity contribution is 8.00. The van der Waals surface area contributed by atoms with Gasteiger partial charge < -0.3 is 15.4 Å². The Kier molecular flexibility index (Phi) is 5.59. The fourth-order valence-electron chi connectivity index (χ4n) is 3.06. The third-order valence-electron chi connectivity index (χ3n) is 4.35. The molecule has 3 atom stereocenters. The van der Waals surface area contributed by atoms with Crippen LogP contribution in [0.15, 0.2) is 6.07 Å². The molecule has 0 saturated carbocycles. The summed E-state index contributed by atoms with van der Waals surface area (Å²) in [6.07, 6.45) is 1.62. The number of fused-ring (bicyclic) bond motifs is 1. The van der Waals surface area contributed by atoms with Crippen LogP contribution in [0, 0.1) is 23.3 Å². The quantitative estimate of drug-likeness (QED) is 0.195. The first-order valence-electron chi connectivity index (χ1n) is 8.09. The van der Waals surface area contributed by atoms with Crippen molar-refractivity contribution in [1.82, 2.24) is 10.6 Å². The first kappa shape index (κ1) is 18.8. The topological polar surface area (TPSA) is 67.4 Å². The van der Waals surface area contributed by atoms with Gasteiger partial charge in [-0.2, -0.15) is 20.5 Å². The first-order valence-corrected chi connectivity index (χ1v) is 9.14. The summed E-state index contributed by atoms with van der Waals surface area (Å²) in [5.74, 6) is -8.26. The Labute approximate surface area is 150 Å². The van der Waals surface area contributed by atoms with Gasteiger partial charge in [0.2, 0.25) is 17.4 Å². The standard InChI is InChI=1S/C16H16F4N2O3S/c17-7-5-8(18)13(20)15(12(7)19)25-11(23)4-2-1-3-10-14-9(6-26-10)21-16(24)22-14/h5,9-10,14H,1-4,6H2,(H2,21,22,24)/t9?,10-,14?/m0/s1. The van der Waals surface area contributed by atoms with Gasteiger partial charge in [0.15, 0.2) is 11.6 Å². The van der Waals surface area contributed by atoms with Crippen LogP contribution in [0.3, 0.4) is 0 Å². The van der Waals surface area contributed by atoms with Crippen LogP contribution in [0.1, 0.15) is 25.7 Å². The average molecular weight is 392 g/mol. The van der Waals surface area contributed by atoms with Crippen molar-refractivity contribution in [2.24, 2.45) is 0 Å². The van der Waals surface area contributed by atoms with Crippen molar-refractivity contribution >= 4 is 23.8 Å². The number of urea groups is 1. The number of halogens is 4. The Balaban J connectivity index is 1.45. The van der Waals surface area contributed by atoms with Crippen LogP contribution in [0.5, 0.6) is 5.75 Å². The summed E-state index contributed by atoms with van der Waals surface area (Å²) in [5, 5.41) is 5.90. The molecular weight excluding hydrogens is 376 g/mol. The molecule has 26 heavy (non-hydrogen) atoms. The zero-order valence-electron chi connectivity index (χ0n) is 13.5. The van der Waals surface area contributed by atoms with Gasteiger partial charge in [-0.1, -0.05) is 6.42 Å². The smallest absolute Gasteiger partial charge is 0.315 e. The lowest BCUT2D eigenvalue weighted by molar-refractivity contribution is -0.135. The lowest BCUT2D eigenvalue weighted by Crippen LogP contribution is -2.36. The maximum atomic E-state index is 13.4. The number of ether oxygens (including phenoxy) is 1. The van der Waals surface area contributed by atoms with Gasteiger partial charge in [0, 0.05) is 23.5 Å². The summed E-state index contributed by atoms with van der Waals surface area (Å²) in [5.41, 5.74) is 0. The summed E-state index contributed by atoms with van der Waals surface area (Å²) < 4.78 is 57.5. The van der Waals surface area contributed by atoms with Gasteiger partial charge in [-0.15, -0.1) is 0 Å². The highest BCUT2D eigenvalue weighted by Gasteiger charge is 2.42. The molecule has 0 aliphatic carbocycles. The largest absolute Gasteiger partial charge is 0.420 e. The molecule has 0 radical (unpaired) electrons. The molecule has 0 spiro atoms. The van der Waals surface area contributed by atoms with Crippen LogP contribution in [0.4, 0.5) is 22.4 Å². The Morgan fingerprint density at radius 2 is 1.85 bits per heavy atom. The maximum Gasteiger partial charge on any atom is 0.315 e. The molecule has 1 aromatic rings. The predicted molar refractivity (Wildman–Crippen MR) is 85.9 cm³/mol. The summed E-state index contributed by atoms with van der Waals surface area (Å²) >= 11 is 1.73. The maximum absolute atomic E-state index is 13.4. The highest BCUT2D eigenvalue weighted by Crippen LogP contribution is 2.33. The molecule has 3 rings (SSSR count). The summed E-state index contributed by atoms with van der Waals surface area (Å²) in [4.78, 5) is 23.0. The van der Waals surface area contributed by atoms with E-state index < -0.39 is 35.0 Å². The molecule has 2 saturated heterocycles. The van der Waals surface area contributed by atoms with Crippen molar-refractivity contribution in [3.63, 3.8) is 0 Å². The molecule has 1 aromatic carbocycles. The number of benzene rings is 1. The van der Waals surface area contributed by atoms with E-state index in [1.165, 1.54) is 0 Å². The van der Waals surface area contributed by atoms with Gasteiger partial charge in [0.25, 0.3) is 0 Å². The molecule has 2 N–H and O–H groups in total. The first-order chi connectivity index (χ1) is 12.4. The molecule has 10 heteroatoms. The van der Waals surface area contributed by atoms with Gasteiger partial charge >= 0.3 is 12.0 Å². The Bertz CT molecular complexity index is 708. The number of thioether (sulfide) groups is 1. The minimum Gasteiger partial charge on any atom is -0.420 e. The average Bonchev–Trinajstić information content (AvgIpc) is 3.13. The van der Waals surface area contributed by atoms with Crippen molar-refractivity contribution in [3.8, 4) is 5.75 Å². The fourth-order valence-corrected chi connectivity index (χ4v) is 4.61. The fraction of sp³-hybridized carbons (Fsp3) is 0.500. The minimum absolute atomic E-state index is 0.0468. The van der Waals surface area contributed by atoms with Crippen molar-refractivity contribution in [2.45, 2.75) is 43.0 Å². The van der Waals surface area contributed by atoms with Crippen molar-refractivity contribution in [1.29, 1.82) is 0 Å². The molecule has 2 amide bonds. The molecule has 2 fully saturated rings. The molecular formula is C16H16F4N2O3S. The molecule has 2 unspecified atom stereocenters. The van der Waals surface area contributed by atoms with Crippen molar-refractivity contribution in [3.05, 3.63) is 29.3 Å². The normalized spacial score (nSPS) is 24.2. The SMILES string of the molecule is O=C1NC2CS[C@@H](CCCCC(=O)Oc3c(F)c(F)cc(F)c3F)C2N1. The highest BCUT2D eigenvalue weighted by atomic mass is 32.2. The lowest BCUT2D eigenvalue weighted by atomic mass is 10.0. The van der Waals surface area contributed by atoms with E-state index in [0.717, 1.165) is 12.2 Å². The number of rotatable bonds is 6. The second-order valence-electron chi connectivity index (χ2n) is 6.14. The Hall–Kier alpha value is -1.97. The van der Waals surface area contributed by atoms with E-state index in [9.17, 15) is 27.2 Å². The van der Waals surface area contributed by atoms with Gasteiger partial charge in [-0.3, -0.25) is 4.79 Å². The summed E-state index contributed by atoms with van der Waals surface area (Å²) in [6.45, 7) is 0. The zero-order valence-corrected chi connectivity index (χ0v) is 14.3. The molecule has 0 aromatic heterocycles. The van der Waals surface area contributed by atoms with Crippen LogP contribution in [-0.2, 0) is 4.79 Å². The minimum atomic E-state index is -1.74. The van der Waals surface area contributed by atoms with E-state index in [-0.39, 0.29) is 35.9 Å². The van der Waals surface area contributed by atoms with Gasteiger partial charge in [-0.25, -0.2) is 13.6 Å². The van der Waals surface area contributed by atoms with E-state index in [1.54, 1.807) is 11.8 Å². The molecule has 142 valence electrons.